The molecule has 120 valence electrons. The highest BCUT2D eigenvalue weighted by atomic mass is 16.6. The average molecular weight is 286 g/mol. The second-order valence-electron chi connectivity index (χ2n) is 6.58. The molecule has 0 bridgehead atoms. The van der Waals surface area contributed by atoms with Crippen LogP contribution in [0, 0.1) is 0 Å². The first kappa shape index (κ1) is 19.2. The van der Waals surface area contributed by atoms with E-state index >= 15 is 0 Å². The van der Waals surface area contributed by atoms with Gasteiger partial charge >= 0.3 is 6.09 Å². The third-order valence-electron chi connectivity index (χ3n) is 3.04. The Hall–Kier alpha value is -0.770. The largest absolute Gasteiger partial charge is 0.444 e. The molecule has 2 atom stereocenters. The van der Waals surface area contributed by atoms with Crippen molar-refractivity contribution in [2.75, 3.05) is 6.54 Å². The van der Waals surface area contributed by atoms with Crippen LogP contribution < -0.4 is 10.6 Å². The van der Waals surface area contributed by atoms with Crippen molar-refractivity contribution in [3.8, 4) is 0 Å². The van der Waals surface area contributed by atoms with Gasteiger partial charge in [-0.3, -0.25) is 0 Å². The fraction of sp³-hybridized carbons (Fsp3) is 0.938. The minimum atomic E-state index is -0.438. The SMILES string of the molecule is CCCCC(C)NC(CCC)CNC(=O)OC(C)(C)C. The first-order valence-corrected chi connectivity index (χ1v) is 8.01. The van der Waals surface area contributed by atoms with Crippen molar-refractivity contribution in [3.63, 3.8) is 0 Å². The second-order valence-corrected chi connectivity index (χ2v) is 6.58. The number of amides is 1. The van der Waals surface area contributed by atoms with E-state index in [9.17, 15) is 4.79 Å². The fourth-order valence-electron chi connectivity index (χ4n) is 2.11. The summed E-state index contributed by atoms with van der Waals surface area (Å²) in [6.07, 6.45) is 5.48. The Labute approximate surface area is 125 Å². The molecule has 0 rings (SSSR count). The number of ether oxygens (including phenoxy) is 1. The number of hydrogen-bond donors (Lipinski definition) is 2. The number of carbonyl (C=O) groups excluding carboxylic acids is 1. The minimum Gasteiger partial charge on any atom is -0.444 e. The van der Waals surface area contributed by atoms with Crippen LogP contribution in [0.15, 0.2) is 0 Å². The van der Waals surface area contributed by atoms with E-state index in [1.54, 1.807) is 0 Å². The van der Waals surface area contributed by atoms with Gasteiger partial charge in [0.05, 0.1) is 0 Å². The van der Waals surface area contributed by atoms with Gasteiger partial charge in [-0.05, 0) is 40.5 Å². The molecule has 0 saturated carbocycles. The van der Waals surface area contributed by atoms with Gasteiger partial charge in [0.25, 0.3) is 0 Å². The number of nitrogens with one attached hydrogen (secondary N) is 2. The van der Waals surface area contributed by atoms with Crippen LogP contribution in [0.4, 0.5) is 4.79 Å². The predicted molar refractivity (Wildman–Crippen MR) is 85.1 cm³/mol. The quantitative estimate of drug-likeness (QED) is 0.677. The van der Waals surface area contributed by atoms with Crippen LogP contribution in [0.25, 0.3) is 0 Å². The molecular weight excluding hydrogens is 252 g/mol. The molecule has 0 aromatic rings. The first-order valence-electron chi connectivity index (χ1n) is 8.01. The highest BCUT2D eigenvalue weighted by Gasteiger charge is 2.17. The lowest BCUT2D eigenvalue weighted by atomic mass is 10.1. The van der Waals surface area contributed by atoms with Crippen molar-refractivity contribution in [2.45, 2.75) is 91.3 Å². The summed E-state index contributed by atoms with van der Waals surface area (Å²) in [7, 11) is 0. The monoisotopic (exact) mass is 286 g/mol. The Balaban J connectivity index is 4.10. The highest BCUT2D eigenvalue weighted by Crippen LogP contribution is 2.07. The normalized spacial score (nSPS) is 14.7. The molecule has 0 aromatic carbocycles. The summed E-state index contributed by atoms with van der Waals surface area (Å²) in [5.74, 6) is 0. The molecule has 0 fully saturated rings. The average Bonchev–Trinajstić information content (AvgIpc) is 2.31. The molecule has 0 spiro atoms. The van der Waals surface area contributed by atoms with Crippen molar-refractivity contribution in [3.05, 3.63) is 0 Å². The van der Waals surface area contributed by atoms with Crippen LogP contribution in [0.3, 0.4) is 0 Å². The Morgan fingerprint density at radius 2 is 1.80 bits per heavy atom. The zero-order valence-electron chi connectivity index (χ0n) is 14.2. The zero-order valence-corrected chi connectivity index (χ0v) is 14.2. The molecule has 0 saturated heterocycles. The van der Waals surface area contributed by atoms with Gasteiger partial charge in [0.1, 0.15) is 5.60 Å². The van der Waals surface area contributed by atoms with E-state index in [2.05, 4.69) is 31.4 Å². The topological polar surface area (TPSA) is 50.4 Å². The number of rotatable bonds is 9. The lowest BCUT2D eigenvalue weighted by molar-refractivity contribution is 0.0521. The van der Waals surface area contributed by atoms with Crippen LogP contribution in [-0.2, 0) is 4.74 Å². The molecule has 0 aliphatic carbocycles. The molecule has 0 heterocycles. The summed E-state index contributed by atoms with van der Waals surface area (Å²) < 4.78 is 5.26. The second kappa shape index (κ2) is 10.0. The fourth-order valence-corrected chi connectivity index (χ4v) is 2.11. The third-order valence-corrected chi connectivity index (χ3v) is 3.04. The van der Waals surface area contributed by atoms with Crippen LogP contribution in [0.2, 0.25) is 0 Å². The molecule has 0 aliphatic rings. The van der Waals surface area contributed by atoms with Gasteiger partial charge in [-0.2, -0.15) is 0 Å². The van der Waals surface area contributed by atoms with Crippen LogP contribution >= 0.6 is 0 Å². The maximum Gasteiger partial charge on any atom is 0.407 e. The summed E-state index contributed by atoms with van der Waals surface area (Å²) in [5, 5.41) is 6.46. The molecule has 20 heavy (non-hydrogen) atoms. The lowest BCUT2D eigenvalue weighted by Crippen LogP contribution is -2.45. The highest BCUT2D eigenvalue weighted by molar-refractivity contribution is 5.67. The van der Waals surface area contributed by atoms with Gasteiger partial charge < -0.3 is 15.4 Å². The standard InChI is InChI=1S/C16H34N2O2/c1-7-9-11-13(3)18-14(10-8-2)12-17-15(19)20-16(4,5)6/h13-14,18H,7-12H2,1-6H3,(H,17,19). The van der Waals surface area contributed by atoms with Gasteiger partial charge in [-0.1, -0.05) is 33.1 Å². The summed E-state index contributed by atoms with van der Waals surface area (Å²) in [6, 6.07) is 0.811. The van der Waals surface area contributed by atoms with E-state index in [1.807, 2.05) is 20.8 Å². The molecule has 0 radical (unpaired) electrons. The van der Waals surface area contributed by atoms with Crippen molar-refractivity contribution >= 4 is 6.09 Å². The minimum absolute atomic E-state index is 0.319. The van der Waals surface area contributed by atoms with Gasteiger partial charge in [-0.25, -0.2) is 4.79 Å². The molecule has 4 nitrogen and oxygen atoms in total. The van der Waals surface area contributed by atoms with Crippen molar-refractivity contribution in [1.82, 2.24) is 10.6 Å². The Morgan fingerprint density at radius 1 is 1.15 bits per heavy atom. The molecule has 0 aromatic heterocycles. The van der Waals surface area contributed by atoms with E-state index in [-0.39, 0.29) is 6.09 Å². The molecule has 0 aliphatic heterocycles. The van der Waals surface area contributed by atoms with Crippen molar-refractivity contribution in [1.29, 1.82) is 0 Å². The van der Waals surface area contributed by atoms with E-state index in [4.69, 9.17) is 4.74 Å². The van der Waals surface area contributed by atoms with E-state index in [1.165, 1.54) is 19.3 Å². The number of unbranched alkanes of at least 4 members (excludes halogenated alkanes) is 1. The molecule has 2 N–H and O–H groups in total. The summed E-state index contributed by atoms with van der Waals surface area (Å²) in [4.78, 5) is 11.7. The molecule has 4 heteroatoms. The maximum atomic E-state index is 11.7. The van der Waals surface area contributed by atoms with E-state index in [0.717, 1.165) is 12.8 Å². The number of hydrogen-bond acceptors (Lipinski definition) is 3. The summed E-state index contributed by atoms with van der Waals surface area (Å²) >= 11 is 0. The van der Waals surface area contributed by atoms with Gasteiger partial charge in [0, 0.05) is 18.6 Å². The van der Waals surface area contributed by atoms with Crippen LogP contribution in [0.5, 0.6) is 0 Å². The van der Waals surface area contributed by atoms with Gasteiger partial charge in [-0.15, -0.1) is 0 Å². The molecule has 1 amide bonds. The zero-order chi connectivity index (χ0) is 15.6. The Morgan fingerprint density at radius 3 is 2.30 bits per heavy atom. The predicted octanol–water partition coefficient (Wildman–Crippen LogP) is 3.85. The van der Waals surface area contributed by atoms with Gasteiger partial charge in [0.2, 0.25) is 0 Å². The Bertz CT molecular complexity index is 262. The molecule has 2 unspecified atom stereocenters. The van der Waals surface area contributed by atoms with E-state index < -0.39 is 5.60 Å². The maximum absolute atomic E-state index is 11.7. The van der Waals surface area contributed by atoms with Crippen LogP contribution in [-0.4, -0.2) is 30.3 Å². The first-order chi connectivity index (χ1) is 9.28. The lowest BCUT2D eigenvalue weighted by Gasteiger charge is -2.25. The number of carbonyl (C=O) groups is 1. The third kappa shape index (κ3) is 11.1. The Kier molecular flexibility index (Phi) is 9.64. The molecular formula is C16H34N2O2. The van der Waals surface area contributed by atoms with Crippen molar-refractivity contribution < 1.29 is 9.53 Å². The smallest absolute Gasteiger partial charge is 0.407 e. The summed E-state index contributed by atoms with van der Waals surface area (Å²) in [5.41, 5.74) is -0.438. The van der Waals surface area contributed by atoms with Crippen molar-refractivity contribution in [2.24, 2.45) is 0 Å². The van der Waals surface area contributed by atoms with Crippen LogP contribution in [0.1, 0.15) is 73.6 Å². The number of alkyl carbamates (subject to hydrolysis) is 1. The summed E-state index contributed by atoms with van der Waals surface area (Å²) in [6.45, 7) is 12.8. The van der Waals surface area contributed by atoms with E-state index in [0.29, 0.717) is 18.6 Å². The van der Waals surface area contributed by atoms with Gasteiger partial charge in [0.15, 0.2) is 0 Å².